The van der Waals surface area contributed by atoms with Crippen LogP contribution in [0.15, 0.2) is 34.2 Å². The number of halogens is 1. The molecule has 0 radical (unpaired) electrons. The lowest BCUT2D eigenvalue weighted by atomic mass is 10.1. The van der Waals surface area contributed by atoms with E-state index in [0.29, 0.717) is 16.4 Å². The van der Waals surface area contributed by atoms with Gasteiger partial charge in [-0.05, 0) is 47.1 Å². The molecule has 0 unspecified atom stereocenters. The second kappa shape index (κ2) is 5.94. The molecule has 0 fully saturated rings. The van der Waals surface area contributed by atoms with E-state index in [1.807, 2.05) is 0 Å². The highest BCUT2D eigenvalue weighted by Gasteiger charge is 2.06. The third-order valence-corrected chi connectivity index (χ3v) is 3.64. The number of amides is 2. The van der Waals surface area contributed by atoms with Crippen LogP contribution in [0.1, 0.15) is 17.3 Å². The van der Waals surface area contributed by atoms with E-state index in [1.54, 1.807) is 30.5 Å². The van der Waals surface area contributed by atoms with Gasteiger partial charge in [0, 0.05) is 11.3 Å². The maximum atomic E-state index is 11.7. The lowest BCUT2D eigenvalue weighted by molar-refractivity contribution is 0.101. The Bertz CT molecular complexity index is 610. The van der Waals surface area contributed by atoms with E-state index in [0.717, 1.165) is 3.79 Å². The largest absolute Gasteiger partial charge is 0.325 e. The molecule has 0 saturated carbocycles. The van der Waals surface area contributed by atoms with Crippen LogP contribution in [0.5, 0.6) is 0 Å². The van der Waals surface area contributed by atoms with Crippen molar-refractivity contribution in [3.8, 4) is 0 Å². The zero-order valence-electron chi connectivity index (χ0n) is 9.94. The van der Waals surface area contributed by atoms with Crippen molar-refractivity contribution in [1.82, 2.24) is 4.98 Å². The predicted octanol–water partition coefficient (Wildman–Crippen LogP) is 3.75. The van der Waals surface area contributed by atoms with Crippen LogP contribution < -0.4 is 10.6 Å². The minimum Gasteiger partial charge on any atom is -0.308 e. The molecule has 98 valence electrons. The van der Waals surface area contributed by atoms with Gasteiger partial charge in [0.15, 0.2) is 10.9 Å². The number of ketones is 1. The third kappa shape index (κ3) is 3.87. The van der Waals surface area contributed by atoms with Crippen molar-refractivity contribution < 1.29 is 9.59 Å². The van der Waals surface area contributed by atoms with Crippen LogP contribution in [0.25, 0.3) is 0 Å². The van der Waals surface area contributed by atoms with Gasteiger partial charge in [0.2, 0.25) is 0 Å². The number of nitrogens with one attached hydrogen (secondary N) is 2. The van der Waals surface area contributed by atoms with Gasteiger partial charge in [-0.3, -0.25) is 10.1 Å². The second-order valence-corrected chi connectivity index (χ2v) is 6.09. The Labute approximate surface area is 122 Å². The molecular formula is C12H10BrN3O2S. The number of nitrogens with zero attached hydrogens (tertiary/aromatic N) is 1. The molecule has 0 aliphatic carbocycles. The monoisotopic (exact) mass is 339 g/mol. The van der Waals surface area contributed by atoms with Crippen molar-refractivity contribution in [3.05, 3.63) is 39.8 Å². The maximum Gasteiger partial charge on any atom is 0.325 e. The summed E-state index contributed by atoms with van der Waals surface area (Å²) >= 11 is 4.58. The Morgan fingerprint density at radius 1 is 1.21 bits per heavy atom. The van der Waals surface area contributed by atoms with Crippen molar-refractivity contribution in [1.29, 1.82) is 0 Å². The molecule has 7 heteroatoms. The summed E-state index contributed by atoms with van der Waals surface area (Å²) in [6.45, 7) is 1.50. The molecule has 19 heavy (non-hydrogen) atoms. The minimum absolute atomic E-state index is 0.0105. The minimum atomic E-state index is -0.377. The molecular weight excluding hydrogens is 330 g/mol. The quantitative estimate of drug-likeness (QED) is 0.836. The summed E-state index contributed by atoms with van der Waals surface area (Å²) in [6.07, 6.45) is 1.61. The average Bonchev–Trinajstić information content (AvgIpc) is 2.75. The molecule has 0 aliphatic heterocycles. The number of anilines is 2. The van der Waals surface area contributed by atoms with Crippen molar-refractivity contribution in [2.75, 3.05) is 10.6 Å². The molecule has 1 heterocycles. The molecule has 0 saturated heterocycles. The van der Waals surface area contributed by atoms with Crippen molar-refractivity contribution in [3.63, 3.8) is 0 Å². The van der Waals surface area contributed by atoms with Gasteiger partial charge in [-0.25, -0.2) is 9.78 Å². The van der Waals surface area contributed by atoms with Gasteiger partial charge < -0.3 is 5.32 Å². The molecule has 2 N–H and O–H groups in total. The fraction of sp³-hybridized carbons (Fsp3) is 0.0833. The Hall–Kier alpha value is -1.73. The lowest BCUT2D eigenvalue weighted by Crippen LogP contribution is -2.19. The third-order valence-electron chi connectivity index (χ3n) is 2.25. The molecule has 0 bridgehead atoms. The molecule has 1 aromatic carbocycles. The Kier molecular flexibility index (Phi) is 4.28. The van der Waals surface area contributed by atoms with E-state index >= 15 is 0 Å². The van der Waals surface area contributed by atoms with Crippen LogP contribution in [0.2, 0.25) is 0 Å². The number of hydrogen-bond donors (Lipinski definition) is 2. The van der Waals surface area contributed by atoms with Gasteiger partial charge in [-0.1, -0.05) is 11.3 Å². The number of carbonyl (C=O) groups excluding carboxylic acids is 2. The van der Waals surface area contributed by atoms with E-state index < -0.39 is 0 Å². The number of rotatable bonds is 3. The van der Waals surface area contributed by atoms with Crippen molar-refractivity contribution in [2.24, 2.45) is 0 Å². The molecule has 2 rings (SSSR count). The molecule has 5 nitrogen and oxygen atoms in total. The van der Waals surface area contributed by atoms with Gasteiger partial charge in [0.25, 0.3) is 0 Å². The van der Waals surface area contributed by atoms with Crippen LogP contribution in [0, 0.1) is 0 Å². The van der Waals surface area contributed by atoms with Crippen LogP contribution in [-0.2, 0) is 0 Å². The van der Waals surface area contributed by atoms with E-state index in [-0.39, 0.29) is 11.8 Å². The fourth-order valence-electron chi connectivity index (χ4n) is 1.36. The van der Waals surface area contributed by atoms with E-state index in [2.05, 4.69) is 31.5 Å². The molecule has 2 aromatic rings. The zero-order valence-corrected chi connectivity index (χ0v) is 12.3. The summed E-state index contributed by atoms with van der Waals surface area (Å²) < 4.78 is 0.841. The average molecular weight is 340 g/mol. The Morgan fingerprint density at radius 2 is 1.89 bits per heavy atom. The topological polar surface area (TPSA) is 71.1 Å². The molecule has 0 spiro atoms. The number of hydrogen-bond acceptors (Lipinski definition) is 4. The van der Waals surface area contributed by atoms with Crippen LogP contribution in [0.4, 0.5) is 15.6 Å². The smallest absolute Gasteiger partial charge is 0.308 e. The summed E-state index contributed by atoms with van der Waals surface area (Å²) in [6, 6.07) is 6.30. The highest BCUT2D eigenvalue weighted by molar-refractivity contribution is 9.11. The molecule has 0 aliphatic rings. The molecule has 1 aromatic heterocycles. The number of thiazole rings is 1. The van der Waals surface area contributed by atoms with Crippen molar-refractivity contribution in [2.45, 2.75) is 6.92 Å². The number of carbonyl (C=O) groups is 2. The van der Waals surface area contributed by atoms with Gasteiger partial charge in [-0.15, -0.1) is 0 Å². The van der Waals surface area contributed by atoms with Crippen LogP contribution in [-0.4, -0.2) is 16.8 Å². The zero-order chi connectivity index (χ0) is 13.8. The molecule has 0 atom stereocenters. The number of aromatic nitrogens is 1. The second-order valence-electron chi connectivity index (χ2n) is 3.68. The summed E-state index contributed by atoms with van der Waals surface area (Å²) in [5.41, 5.74) is 1.22. The normalized spacial score (nSPS) is 10.0. The first-order valence-electron chi connectivity index (χ1n) is 5.35. The Morgan fingerprint density at radius 3 is 2.42 bits per heavy atom. The van der Waals surface area contributed by atoms with Gasteiger partial charge in [-0.2, -0.15) is 0 Å². The number of benzene rings is 1. The van der Waals surface area contributed by atoms with Crippen LogP contribution >= 0.6 is 27.3 Å². The Balaban J connectivity index is 1.97. The summed E-state index contributed by atoms with van der Waals surface area (Å²) in [5.74, 6) is -0.0105. The first-order valence-corrected chi connectivity index (χ1v) is 6.96. The van der Waals surface area contributed by atoms with E-state index in [1.165, 1.54) is 18.3 Å². The van der Waals surface area contributed by atoms with Crippen LogP contribution in [0.3, 0.4) is 0 Å². The first-order chi connectivity index (χ1) is 9.04. The summed E-state index contributed by atoms with van der Waals surface area (Å²) in [7, 11) is 0. The van der Waals surface area contributed by atoms with E-state index in [9.17, 15) is 9.59 Å². The van der Waals surface area contributed by atoms with Gasteiger partial charge >= 0.3 is 6.03 Å². The SMILES string of the molecule is CC(=O)c1ccc(NC(=O)Nc2ncc(Br)s2)cc1. The highest BCUT2D eigenvalue weighted by atomic mass is 79.9. The summed E-state index contributed by atoms with van der Waals surface area (Å²) in [4.78, 5) is 26.8. The summed E-state index contributed by atoms with van der Waals surface area (Å²) in [5, 5.41) is 5.77. The molecule has 2 amide bonds. The first kappa shape index (κ1) is 13.7. The maximum absolute atomic E-state index is 11.7. The van der Waals surface area contributed by atoms with Crippen molar-refractivity contribution >= 4 is 49.9 Å². The predicted molar refractivity (Wildman–Crippen MR) is 78.9 cm³/mol. The lowest BCUT2D eigenvalue weighted by Gasteiger charge is -2.05. The number of Topliss-reactive ketones (excluding diaryl/α,β-unsaturated/α-hetero) is 1. The van der Waals surface area contributed by atoms with Gasteiger partial charge in [0.05, 0.1) is 9.98 Å². The standard InChI is InChI=1S/C12H10BrN3O2S/c1-7(17)8-2-4-9(5-3-8)15-11(18)16-12-14-6-10(13)19-12/h2-6H,1H3,(H2,14,15,16,18). The number of urea groups is 1. The highest BCUT2D eigenvalue weighted by Crippen LogP contribution is 2.23. The fourth-order valence-corrected chi connectivity index (χ4v) is 2.46. The van der Waals surface area contributed by atoms with E-state index in [4.69, 9.17) is 0 Å². The van der Waals surface area contributed by atoms with Gasteiger partial charge in [0.1, 0.15) is 0 Å².